The number of carbonyl (C=O) groups excluding carboxylic acids is 2. The van der Waals surface area contributed by atoms with Gasteiger partial charge >= 0.3 is 12.0 Å². The molecule has 0 saturated carbocycles. The summed E-state index contributed by atoms with van der Waals surface area (Å²) in [4.78, 5) is 33.5. The molecule has 31 heavy (non-hydrogen) atoms. The van der Waals surface area contributed by atoms with Gasteiger partial charge in [0.25, 0.3) is 5.91 Å². The maximum Gasteiger partial charge on any atom is 0.402 e. The van der Waals surface area contributed by atoms with Gasteiger partial charge in [0.1, 0.15) is 29.5 Å². The lowest BCUT2D eigenvalue weighted by Gasteiger charge is -2.33. The van der Waals surface area contributed by atoms with Crippen LogP contribution in [0.15, 0.2) is 52.1 Å². The first-order valence-electron chi connectivity index (χ1n) is 9.93. The number of nitrogens with zero attached hydrogens (tertiary/aromatic N) is 5. The van der Waals surface area contributed by atoms with Crippen molar-refractivity contribution in [3.05, 3.63) is 71.2 Å². The van der Waals surface area contributed by atoms with Gasteiger partial charge in [0.2, 0.25) is 11.9 Å². The molecule has 1 aromatic carbocycles. The number of hydrogen-bond acceptors (Lipinski definition) is 4. The molecule has 0 bridgehead atoms. The van der Waals surface area contributed by atoms with Crippen LogP contribution >= 0.6 is 0 Å². The van der Waals surface area contributed by atoms with Crippen LogP contribution in [0.1, 0.15) is 28.8 Å². The molecule has 0 radical (unpaired) electrons. The Hall–Kier alpha value is -3.75. The monoisotopic (exact) mass is 422 g/mol. The molecule has 1 unspecified atom stereocenters. The number of fused-ring (bicyclic) bond motifs is 3. The van der Waals surface area contributed by atoms with E-state index in [-0.39, 0.29) is 12.1 Å². The van der Waals surface area contributed by atoms with E-state index in [1.807, 2.05) is 35.1 Å². The van der Waals surface area contributed by atoms with E-state index in [1.54, 1.807) is 31.5 Å². The van der Waals surface area contributed by atoms with E-state index >= 15 is 0 Å². The number of urea groups is 1. The van der Waals surface area contributed by atoms with Crippen LogP contribution in [0.25, 0.3) is 0 Å². The van der Waals surface area contributed by atoms with Crippen LogP contribution in [-0.2, 0) is 17.9 Å². The molecular weight excluding hydrogens is 401 g/mol. The van der Waals surface area contributed by atoms with E-state index in [0.29, 0.717) is 18.3 Å². The quantitative estimate of drug-likeness (QED) is 0.607. The van der Waals surface area contributed by atoms with Crippen LogP contribution in [0.2, 0.25) is 0 Å². The third-order valence-corrected chi connectivity index (χ3v) is 6.01. The van der Waals surface area contributed by atoms with Crippen LogP contribution in [0.4, 0.5) is 15.1 Å². The largest absolute Gasteiger partial charge is 0.466 e. The highest BCUT2D eigenvalue weighted by atomic mass is 19.1. The van der Waals surface area contributed by atoms with E-state index in [2.05, 4.69) is 4.99 Å². The fraction of sp³-hybridized carbons (Fsp3) is 0.273. The lowest BCUT2D eigenvalue weighted by atomic mass is 10.1. The molecule has 1 saturated heterocycles. The Kier molecular flexibility index (Phi) is 4.28. The number of carbonyl (C=O) groups is 2. The van der Waals surface area contributed by atoms with Gasteiger partial charge in [0.15, 0.2) is 0 Å². The summed E-state index contributed by atoms with van der Waals surface area (Å²) < 4.78 is 23.5. The molecule has 158 valence electrons. The summed E-state index contributed by atoms with van der Waals surface area (Å²) in [7, 11) is 1.58. The van der Waals surface area contributed by atoms with Crippen molar-refractivity contribution < 1.29 is 23.0 Å². The molecule has 5 rings (SSSR count). The summed E-state index contributed by atoms with van der Waals surface area (Å²) in [6, 6.07) is 8.52. The number of amides is 3. The number of aliphatic imine (C=N–C) groups is 1. The predicted molar refractivity (Wildman–Crippen MR) is 108 cm³/mol. The third kappa shape index (κ3) is 2.80. The van der Waals surface area contributed by atoms with Crippen LogP contribution in [0.5, 0.6) is 0 Å². The number of likely N-dealkylation sites (N-methyl/N-ethyl adjacent to an activating group) is 1. The van der Waals surface area contributed by atoms with Gasteiger partial charge in [-0.05, 0) is 32.0 Å². The van der Waals surface area contributed by atoms with Crippen molar-refractivity contribution in [2.24, 2.45) is 4.99 Å². The maximum atomic E-state index is 14.2. The van der Waals surface area contributed by atoms with Crippen molar-refractivity contribution in [2.75, 3.05) is 7.05 Å². The Morgan fingerprint density at radius 2 is 1.94 bits per heavy atom. The number of imide groups is 1. The molecular formula is C22H21FN5O3+. The molecule has 2 aliphatic rings. The summed E-state index contributed by atoms with van der Waals surface area (Å²) in [6.07, 6.45) is 1.61. The zero-order valence-corrected chi connectivity index (χ0v) is 17.4. The molecule has 1 fully saturated rings. The predicted octanol–water partition coefficient (Wildman–Crippen LogP) is 2.85. The highest BCUT2D eigenvalue weighted by Crippen LogP contribution is 2.35. The number of furan rings is 1. The third-order valence-electron chi connectivity index (χ3n) is 6.01. The topological polar surface area (TPSA) is 74.9 Å². The average Bonchev–Trinajstić information content (AvgIpc) is 3.46. The van der Waals surface area contributed by atoms with Gasteiger partial charge < -0.3 is 4.42 Å². The minimum atomic E-state index is -0.777. The highest BCUT2D eigenvalue weighted by Gasteiger charge is 2.54. The van der Waals surface area contributed by atoms with Crippen LogP contribution in [0, 0.1) is 19.7 Å². The standard InChI is InChI=1S/C22H21FN5O3/c1-13-14(2)28-18-19(24-21(28)26(13)12-16-8-6-10-31-16)25(3)22(30)27(20(18)29)11-15-7-4-5-9-17(15)23/h4-10,18H,11-12H2,1-3H3/q+1. The minimum absolute atomic E-state index is 0.139. The first-order valence-corrected chi connectivity index (χ1v) is 9.93. The smallest absolute Gasteiger partial charge is 0.402 e. The number of benzene rings is 1. The van der Waals surface area contributed by atoms with Crippen LogP contribution < -0.4 is 4.57 Å². The van der Waals surface area contributed by atoms with Crippen molar-refractivity contribution in [1.29, 1.82) is 0 Å². The lowest BCUT2D eigenvalue weighted by molar-refractivity contribution is -0.682. The molecule has 2 aliphatic heterocycles. The lowest BCUT2D eigenvalue weighted by Crippen LogP contribution is -2.57. The highest BCUT2D eigenvalue weighted by molar-refractivity contribution is 6.20. The molecule has 0 aliphatic carbocycles. The molecule has 0 spiro atoms. The Balaban J connectivity index is 1.56. The Labute approximate surface area is 177 Å². The number of amidine groups is 1. The van der Waals surface area contributed by atoms with Gasteiger partial charge in [-0.25, -0.2) is 18.3 Å². The van der Waals surface area contributed by atoms with E-state index in [9.17, 15) is 14.0 Å². The van der Waals surface area contributed by atoms with E-state index in [0.717, 1.165) is 22.0 Å². The van der Waals surface area contributed by atoms with Crippen LogP contribution in [-0.4, -0.2) is 39.2 Å². The molecule has 3 aromatic rings. The van der Waals surface area contributed by atoms with Gasteiger partial charge in [-0.2, -0.15) is 0 Å². The number of imidazole rings is 1. The van der Waals surface area contributed by atoms with Crippen molar-refractivity contribution in [3.63, 3.8) is 0 Å². The molecule has 9 heteroatoms. The maximum absolute atomic E-state index is 14.2. The average molecular weight is 422 g/mol. The van der Waals surface area contributed by atoms with Gasteiger partial charge in [-0.15, -0.1) is 0 Å². The van der Waals surface area contributed by atoms with Crippen molar-refractivity contribution >= 4 is 23.7 Å². The van der Waals surface area contributed by atoms with E-state index in [4.69, 9.17) is 4.42 Å². The number of halogens is 1. The number of rotatable bonds is 4. The fourth-order valence-electron chi connectivity index (χ4n) is 4.19. The Morgan fingerprint density at radius 3 is 2.65 bits per heavy atom. The summed E-state index contributed by atoms with van der Waals surface area (Å²) in [5.74, 6) is 0.820. The fourth-order valence-corrected chi connectivity index (χ4v) is 4.19. The molecule has 8 nitrogen and oxygen atoms in total. The van der Waals surface area contributed by atoms with Crippen molar-refractivity contribution in [2.45, 2.75) is 33.0 Å². The SMILES string of the molecule is Cc1c(C)[n+](Cc2ccco2)c2n1C1C(=O)N(Cc3ccccc3F)C(=O)N(C)C1=N2. The van der Waals surface area contributed by atoms with Crippen LogP contribution in [0.3, 0.4) is 0 Å². The van der Waals surface area contributed by atoms with E-state index < -0.39 is 23.8 Å². The minimum Gasteiger partial charge on any atom is -0.466 e. The van der Waals surface area contributed by atoms with Gasteiger partial charge in [-0.1, -0.05) is 23.2 Å². The molecule has 3 amide bonds. The Bertz CT molecular complexity index is 1240. The molecule has 0 N–H and O–H groups in total. The zero-order chi connectivity index (χ0) is 21.9. The second-order valence-electron chi connectivity index (χ2n) is 7.74. The Morgan fingerprint density at radius 1 is 1.16 bits per heavy atom. The first kappa shape index (κ1) is 19.2. The van der Waals surface area contributed by atoms with Gasteiger partial charge in [-0.3, -0.25) is 14.6 Å². The summed E-state index contributed by atoms with van der Waals surface area (Å²) >= 11 is 0. The molecule has 2 aromatic heterocycles. The summed E-state index contributed by atoms with van der Waals surface area (Å²) in [5, 5.41) is 0. The summed E-state index contributed by atoms with van der Waals surface area (Å²) in [5.41, 5.74) is 2.10. The summed E-state index contributed by atoms with van der Waals surface area (Å²) in [6.45, 7) is 4.19. The van der Waals surface area contributed by atoms with Crippen molar-refractivity contribution in [1.82, 2.24) is 14.4 Å². The second-order valence-corrected chi connectivity index (χ2v) is 7.74. The first-order chi connectivity index (χ1) is 14.9. The zero-order valence-electron chi connectivity index (χ0n) is 17.4. The number of aromatic nitrogens is 2. The van der Waals surface area contributed by atoms with Gasteiger partial charge in [0.05, 0.1) is 12.8 Å². The molecule has 1 atom stereocenters. The second kappa shape index (κ2) is 6.90. The number of hydrogen-bond donors (Lipinski definition) is 0. The molecule has 4 heterocycles. The normalized spacial score (nSPS) is 17.8. The van der Waals surface area contributed by atoms with E-state index in [1.165, 1.54) is 11.0 Å². The van der Waals surface area contributed by atoms with Gasteiger partial charge in [0, 0.05) is 12.6 Å². The van der Waals surface area contributed by atoms with Crippen molar-refractivity contribution in [3.8, 4) is 0 Å².